The molecule has 1 amide bonds. The van der Waals surface area contributed by atoms with E-state index in [4.69, 9.17) is 16.3 Å². The van der Waals surface area contributed by atoms with E-state index in [0.29, 0.717) is 17.1 Å². The molecule has 5 nitrogen and oxygen atoms in total. The lowest BCUT2D eigenvalue weighted by atomic mass is 10.1. The number of carbonyl (C=O) groups is 1. The maximum absolute atomic E-state index is 12.4. The highest BCUT2D eigenvalue weighted by atomic mass is 35.5. The van der Waals surface area contributed by atoms with Crippen molar-refractivity contribution in [3.8, 4) is 28.3 Å². The van der Waals surface area contributed by atoms with E-state index < -0.39 is 0 Å². The number of H-pyrrole nitrogens is 1. The first-order chi connectivity index (χ1) is 15.1. The van der Waals surface area contributed by atoms with Crippen LogP contribution in [0.2, 0.25) is 5.02 Å². The van der Waals surface area contributed by atoms with Crippen molar-refractivity contribution in [2.45, 2.75) is 6.42 Å². The molecule has 4 aromatic rings. The van der Waals surface area contributed by atoms with E-state index in [0.717, 1.165) is 40.2 Å². The normalized spacial score (nSPS) is 10.6. The minimum absolute atomic E-state index is 0.102. The fourth-order valence-electron chi connectivity index (χ4n) is 3.32. The Morgan fingerprint density at radius 3 is 2.58 bits per heavy atom. The first-order valence-electron chi connectivity index (χ1n) is 9.95. The van der Waals surface area contributed by atoms with Gasteiger partial charge < -0.3 is 10.1 Å². The van der Waals surface area contributed by atoms with Gasteiger partial charge in [0.05, 0.1) is 18.5 Å². The third-order valence-electron chi connectivity index (χ3n) is 4.99. The lowest BCUT2D eigenvalue weighted by molar-refractivity contribution is 0.0954. The zero-order valence-electron chi connectivity index (χ0n) is 17.1. The van der Waals surface area contributed by atoms with Crippen molar-refractivity contribution in [2.24, 2.45) is 0 Å². The number of halogens is 1. The van der Waals surface area contributed by atoms with Crippen LogP contribution in [0.1, 0.15) is 15.9 Å². The van der Waals surface area contributed by atoms with Gasteiger partial charge in [-0.2, -0.15) is 5.10 Å². The fraction of sp³-hybridized carbons (Fsp3) is 0.120. The van der Waals surface area contributed by atoms with Gasteiger partial charge in [-0.1, -0.05) is 48.0 Å². The van der Waals surface area contributed by atoms with E-state index in [1.165, 1.54) is 0 Å². The molecule has 0 aliphatic carbocycles. The van der Waals surface area contributed by atoms with E-state index in [1.807, 2.05) is 78.9 Å². The SMILES string of the molecule is COc1cccc(-c2cc(-c3ccc(C(=O)NCCc4cccc(Cl)c4)cc3)[nH]n2)c1. The summed E-state index contributed by atoms with van der Waals surface area (Å²) in [6.45, 7) is 0.547. The summed E-state index contributed by atoms with van der Waals surface area (Å²) in [7, 11) is 1.64. The average Bonchev–Trinajstić information content (AvgIpc) is 3.30. The summed E-state index contributed by atoms with van der Waals surface area (Å²) >= 11 is 6.00. The van der Waals surface area contributed by atoms with Crippen LogP contribution in [-0.2, 0) is 6.42 Å². The van der Waals surface area contributed by atoms with Crippen LogP contribution in [0.5, 0.6) is 5.75 Å². The minimum atomic E-state index is -0.102. The van der Waals surface area contributed by atoms with Gasteiger partial charge in [-0.3, -0.25) is 9.89 Å². The average molecular weight is 432 g/mol. The summed E-state index contributed by atoms with van der Waals surface area (Å²) in [5.74, 6) is 0.683. The molecule has 0 unspecified atom stereocenters. The monoisotopic (exact) mass is 431 g/mol. The number of hydrogen-bond acceptors (Lipinski definition) is 3. The molecule has 0 saturated heterocycles. The van der Waals surface area contributed by atoms with E-state index in [2.05, 4.69) is 15.5 Å². The molecule has 4 rings (SSSR count). The number of nitrogens with zero attached hydrogens (tertiary/aromatic N) is 1. The molecule has 0 atom stereocenters. The molecular weight excluding hydrogens is 410 g/mol. The molecule has 0 aliphatic rings. The van der Waals surface area contributed by atoms with Gasteiger partial charge in [0.1, 0.15) is 5.75 Å². The van der Waals surface area contributed by atoms with Crippen molar-refractivity contribution in [2.75, 3.05) is 13.7 Å². The van der Waals surface area contributed by atoms with Crippen LogP contribution in [0.25, 0.3) is 22.5 Å². The van der Waals surface area contributed by atoms with Crippen LogP contribution in [-0.4, -0.2) is 29.8 Å². The van der Waals surface area contributed by atoms with Crippen LogP contribution in [0.4, 0.5) is 0 Å². The van der Waals surface area contributed by atoms with Crippen LogP contribution >= 0.6 is 11.6 Å². The van der Waals surface area contributed by atoms with Gasteiger partial charge in [0, 0.05) is 22.7 Å². The zero-order chi connectivity index (χ0) is 21.6. The number of amides is 1. The van der Waals surface area contributed by atoms with Crippen LogP contribution in [0, 0.1) is 0 Å². The molecule has 0 saturated carbocycles. The molecule has 2 N–H and O–H groups in total. The molecule has 0 spiro atoms. The molecule has 31 heavy (non-hydrogen) atoms. The third-order valence-corrected chi connectivity index (χ3v) is 5.22. The quantitative estimate of drug-likeness (QED) is 0.413. The fourth-order valence-corrected chi connectivity index (χ4v) is 3.53. The smallest absolute Gasteiger partial charge is 0.251 e. The molecule has 0 radical (unpaired) electrons. The highest BCUT2D eigenvalue weighted by molar-refractivity contribution is 6.30. The standard InChI is InChI=1S/C25H22ClN3O2/c1-31-22-7-3-5-20(15-22)24-16-23(28-29-24)18-8-10-19(11-9-18)25(30)27-13-12-17-4-2-6-21(26)14-17/h2-11,14-16H,12-13H2,1H3,(H,27,30)(H,28,29). The Bertz CT molecular complexity index is 1190. The van der Waals surface area contributed by atoms with Gasteiger partial charge in [-0.25, -0.2) is 0 Å². The molecule has 1 aromatic heterocycles. The third kappa shape index (κ3) is 5.13. The summed E-state index contributed by atoms with van der Waals surface area (Å²) in [5.41, 5.74) is 5.34. The summed E-state index contributed by atoms with van der Waals surface area (Å²) < 4.78 is 5.28. The number of hydrogen-bond donors (Lipinski definition) is 2. The van der Waals surface area contributed by atoms with Crippen molar-refractivity contribution < 1.29 is 9.53 Å². The van der Waals surface area contributed by atoms with E-state index in [1.54, 1.807) is 7.11 Å². The van der Waals surface area contributed by atoms with E-state index in [-0.39, 0.29) is 5.91 Å². The molecule has 0 fully saturated rings. The lowest BCUT2D eigenvalue weighted by Gasteiger charge is -2.06. The molecular formula is C25H22ClN3O2. The first kappa shape index (κ1) is 20.7. The van der Waals surface area contributed by atoms with Crippen molar-refractivity contribution in [3.63, 3.8) is 0 Å². The van der Waals surface area contributed by atoms with Crippen molar-refractivity contribution >= 4 is 17.5 Å². The second-order valence-corrected chi connectivity index (χ2v) is 7.55. The Morgan fingerprint density at radius 2 is 1.81 bits per heavy atom. The Hall–Kier alpha value is -3.57. The lowest BCUT2D eigenvalue weighted by Crippen LogP contribution is -2.25. The van der Waals surface area contributed by atoms with Crippen molar-refractivity contribution in [1.29, 1.82) is 0 Å². The largest absolute Gasteiger partial charge is 0.497 e. The second-order valence-electron chi connectivity index (χ2n) is 7.11. The van der Waals surface area contributed by atoms with Crippen molar-refractivity contribution in [1.82, 2.24) is 15.5 Å². The number of methoxy groups -OCH3 is 1. The predicted molar refractivity (Wildman–Crippen MR) is 124 cm³/mol. The van der Waals surface area contributed by atoms with Crippen molar-refractivity contribution in [3.05, 3.63) is 95.0 Å². The number of benzene rings is 3. The van der Waals surface area contributed by atoms with E-state index in [9.17, 15) is 4.79 Å². The summed E-state index contributed by atoms with van der Waals surface area (Å²) in [4.78, 5) is 12.4. The molecule has 6 heteroatoms. The Morgan fingerprint density at radius 1 is 1.00 bits per heavy atom. The number of nitrogens with one attached hydrogen (secondary N) is 2. The number of rotatable bonds is 7. The maximum Gasteiger partial charge on any atom is 0.251 e. The Kier molecular flexibility index (Phi) is 6.34. The van der Waals surface area contributed by atoms with Gasteiger partial charge in [0.15, 0.2) is 0 Å². The minimum Gasteiger partial charge on any atom is -0.497 e. The highest BCUT2D eigenvalue weighted by Gasteiger charge is 2.09. The van der Waals surface area contributed by atoms with Gasteiger partial charge in [0.25, 0.3) is 5.91 Å². The van der Waals surface area contributed by atoms with Crippen LogP contribution < -0.4 is 10.1 Å². The molecule has 156 valence electrons. The number of ether oxygens (including phenoxy) is 1. The van der Waals surface area contributed by atoms with Crippen LogP contribution in [0.15, 0.2) is 78.9 Å². The summed E-state index contributed by atoms with van der Waals surface area (Å²) in [6, 6.07) is 24.8. The Labute approximate surface area is 186 Å². The number of carbonyl (C=O) groups excluding carboxylic acids is 1. The number of aromatic amines is 1. The molecule has 0 bridgehead atoms. The maximum atomic E-state index is 12.4. The number of aromatic nitrogens is 2. The van der Waals surface area contributed by atoms with Gasteiger partial charge >= 0.3 is 0 Å². The second kappa shape index (κ2) is 9.49. The van der Waals surface area contributed by atoms with Crippen LogP contribution in [0.3, 0.4) is 0 Å². The predicted octanol–water partition coefficient (Wildman–Crippen LogP) is 5.38. The molecule has 0 aliphatic heterocycles. The Balaban J connectivity index is 1.39. The van der Waals surface area contributed by atoms with Gasteiger partial charge in [-0.15, -0.1) is 0 Å². The zero-order valence-corrected chi connectivity index (χ0v) is 17.8. The molecule has 3 aromatic carbocycles. The highest BCUT2D eigenvalue weighted by Crippen LogP contribution is 2.26. The topological polar surface area (TPSA) is 67.0 Å². The summed E-state index contributed by atoms with van der Waals surface area (Å²) in [6.07, 6.45) is 0.728. The summed E-state index contributed by atoms with van der Waals surface area (Å²) in [5, 5.41) is 11.1. The van der Waals surface area contributed by atoms with Gasteiger partial charge in [0.2, 0.25) is 0 Å². The molecule has 1 heterocycles. The van der Waals surface area contributed by atoms with E-state index >= 15 is 0 Å². The first-order valence-corrected chi connectivity index (χ1v) is 10.3. The van der Waals surface area contributed by atoms with Gasteiger partial charge in [-0.05, 0) is 60.0 Å².